The highest BCUT2D eigenvalue weighted by Crippen LogP contribution is 2.26. The SMILES string of the molecule is O=C(OCC(=O)c1ccccc1F)c1ccc(NCc2ccccc2)c([N+](=O)[O-])c1. The average Bonchev–Trinajstić information content (AvgIpc) is 2.76. The Morgan fingerprint density at radius 1 is 1.00 bits per heavy atom. The topological polar surface area (TPSA) is 98.5 Å². The van der Waals surface area contributed by atoms with Crippen molar-refractivity contribution in [2.75, 3.05) is 11.9 Å². The second-order valence-corrected chi connectivity index (χ2v) is 6.31. The number of ether oxygens (including phenoxy) is 1. The van der Waals surface area contributed by atoms with Crippen LogP contribution in [-0.4, -0.2) is 23.3 Å². The highest BCUT2D eigenvalue weighted by atomic mass is 19.1. The molecule has 3 aromatic rings. The molecule has 0 bridgehead atoms. The lowest BCUT2D eigenvalue weighted by Crippen LogP contribution is -2.15. The van der Waals surface area contributed by atoms with Gasteiger partial charge in [-0.2, -0.15) is 0 Å². The minimum Gasteiger partial charge on any atom is -0.454 e. The molecule has 0 aliphatic heterocycles. The van der Waals surface area contributed by atoms with Crippen LogP contribution < -0.4 is 5.32 Å². The fraction of sp³-hybridized carbons (Fsp3) is 0.0909. The Morgan fingerprint density at radius 3 is 2.40 bits per heavy atom. The Labute approximate surface area is 171 Å². The van der Waals surface area contributed by atoms with Crippen molar-refractivity contribution in [2.24, 2.45) is 0 Å². The van der Waals surface area contributed by atoms with Crippen LogP contribution in [0.2, 0.25) is 0 Å². The van der Waals surface area contributed by atoms with E-state index in [9.17, 15) is 24.1 Å². The minimum absolute atomic E-state index is 0.0895. The molecule has 3 aromatic carbocycles. The van der Waals surface area contributed by atoms with E-state index in [4.69, 9.17) is 4.74 Å². The number of hydrogen-bond acceptors (Lipinski definition) is 6. The molecule has 0 aliphatic rings. The molecule has 3 rings (SSSR count). The number of anilines is 1. The molecule has 7 nitrogen and oxygen atoms in total. The summed E-state index contributed by atoms with van der Waals surface area (Å²) in [6, 6.07) is 18.5. The normalized spacial score (nSPS) is 10.3. The first-order valence-electron chi connectivity index (χ1n) is 8.97. The Kier molecular flexibility index (Phi) is 6.49. The summed E-state index contributed by atoms with van der Waals surface area (Å²) in [5.41, 5.74) is 0.579. The van der Waals surface area contributed by atoms with Gasteiger partial charge >= 0.3 is 5.97 Å². The monoisotopic (exact) mass is 408 g/mol. The van der Waals surface area contributed by atoms with Gasteiger partial charge in [0, 0.05) is 12.6 Å². The number of esters is 1. The molecule has 30 heavy (non-hydrogen) atoms. The first-order valence-corrected chi connectivity index (χ1v) is 8.97. The van der Waals surface area contributed by atoms with Crippen molar-refractivity contribution in [1.82, 2.24) is 0 Å². The van der Waals surface area contributed by atoms with E-state index in [0.717, 1.165) is 17.7 Å². The molecular formula is C22H17FN2O5. The van der Waals surface area contributed by atoms with Crippen LogP contribution in [0, 0.1) is 15.9 Å². The third-order valence-corrected chi connectivity index (χ3v) is 4.26. The summed E-state index contributed by atoms with van der Waals surface area (Å²) in [5.74, 6) is -2.35. The summed E-state index contributed by atoms with van der Waals surface area (Å²) in [6.45, 7) is -0.315. The number of carbonyl (C=O) groups excluding carboxylic acids is 2. The molecule has 0 amide bonds. The molecule has 1 N–H and O–H groups in total. The van der Waals surface area contributed by atoms with Crippen molar-refractivity contribution in [2.45, 2.75) is 6.54 Å². The molecule has 8 heteroatoms. The van der Waals surface area contributed by atoms with Crippen molar-refractivity contribution >= 4 is 23.1 Å². The molecule has 0 spiro atoms. The molecule has 0 fully saturated rings. The number of nitro groups is 1. The largest absolute Gasteiger partial charge is 0.454 e. The van der Waals surface area contributed by atoms with Crippen LogP contribution in [0.1, 0.15) is 26.3 Å². The number of nitro benzene ring substituents is 1. The van der Waals surface area contributed by atoms with Gasteiger partial charge in [-0.05, 0) is 29.8 Å². The van der Waals surface area contributed by atoms with Gasteiger partial charge in [-0.1, -0.05) is 42.5 Å². The quantitative estimate of drug-likeness (QED) is 0.257. The first kappa shape index (κ1) is 20.7. The van der Waals surface area contributed by atoms with Gasteiger partial charge < -0.3 is 10.1 Å². The van der Waals surface area contributed by atoms with Crippen LogP contribution in [0.4, 0.5) is 15.8 Å². The Balaban J connectivity index is 1.68. The molecule has 0 heterocycles. The summed E-state index contributed by atoms with van der Waals surface area (Å²) in [4.78, 5) is 35.0. The van der Waals surface area contributed by atoms with Crippen LogP contribution in [0.25, 0.3) is 0 Å². The molecular weight excluding hydrogens is 391 g/mol. The standard InChI is InChI=1S/C22H17FN2O5/c23-18-9-5-4-8-17(18)21(26)14-30-22(27)16-10-11-19(20(12-16)25(28)29)24-13-15-6-2-1-3-7-15/h1-12,24H,13-14H2. The number of benzene rings is 3. The maximum absolute atomic E-state index is 13.6. The number of rotatable bonds is 8. The van der Waals surface area contributed by atoms with Crippen LogP contribution in [0.3, 0.4) is 0 Å². The number of Topliss-reactive ketones (excluding diaryl/α,β-unsaturated/α-hetero) is 1. The van der Waals surface area contributed by atoms with E-state index in [0.29, 0.717) is 6.54 Å². The van der Waals surface area contributed by atoms with Gasteiger partial charge in [0.2, 0.25) is 5.78 Å². The van der Waals surface area contributed by atoms with E-state index >= 15 is 0 Å². The van der Waals surface area contributed by atoms with Crippen LogP contribution >= 0.6 is 0 Å². The van der Waals surface area contributed by atoms with Gasteiger partial charge in [0.25, 0.3) is 5.69 Å². The maximum atomic E-state index is 13.6. The molecule has 0 aromatic heterocycles. The molecule has 0 radical (unpaired) electrons. The summed E-state index contributed by atoms with van der Waals surface area (Å²) in [5, 5.41) is 14.4. The lowest BCUT2D eigenvalue weighted by atomic mass is 10.1. The molecule has 152 valence electrons. The van der Waals surface area contributed by atoms with Crippen molar-refractivity contribution in [1.29, 1.82) is 0 Å². The smallest absolute Gasteiger partial charge is 0.338 e. The van der Waals surface area contributed by atoms with Crippen molar-refractivity contribution in [3.8, 4) is 0 Å². The van der Waals surface area contributed by atoms with Gasteiger partial charge in [0.05, 0.1) is 16.1 Å². The highest BCUT2D eigenvalue weighted by molar-refractivity contribution is 5.99. The Bertz CT molecular complexity index is 1090. The first-order chi connectivity index (χ1) is 14.5. The molecule has 0 unspecified atom stereocenters. The number of carbonyl (C=O) groups is 2. The fourth-order valence-electron chi connectivity index (χ4n) is 2.73. The maximum Gasteiger partial charge on any atom is 0.338 e. The zero-order chi connectivity index (χ0) is 21.5. The Morgan fingerprint density at radius 2 is 1.70 bits per heavy atom. The summed E-state index contributed by atoms with van der Waals surface area (Å²) in [6.07, 6.45) is 0. The lowest BCUT2D eigenvalue weighted by molar-refractivity contribution is -0.384. The summed E-state index contributed by atoms with van der Waals surface area (Å²) >= 11 is 0. The second-order valence-electron chi connectivity index (χ2n) is 6.31. The third kappa shape index (κ3) is 5.05. The van der Waals surface area contributed by atoms with Gasteiger partial charge in [-0.25, -0.2) is 9.18 Å². The Hall–Kier alpha value is -4.07. The van der Waals surface area contributed by atoms with Gasteiger partial charge in [-0.3, -0.25) is 14.9 Å². The number of nitrogens with one attached hydrogen (secondary N) is 1. The zero-order valence-electron chi connectivity index (χ0n) is 15.7. The van der Waals surface area contributed by atoms with Gasteiger partial charge in [0.15, 0.2) is 6.61 Å². The van der Waals surface area contributed by atoms with E-state index in [1.54, 1.807) is 0 Å². The highest BCUT2D eigenvalue weighted by Gasteiger charge is 2.20. The van der Waals surface area contributed by atoms with Crippen LogP contribution in [-0.2, 0) is 11.3 Å². The number of hydrogen-bond donors (Lipinski definition) is 1. The summed E-state index contributed by atoms with van der Waals surface area (Å²) in [7, 11) is 0. The number of ketones is 1. The summed E-state index contributed by atoms with van der Waals surface area (Å²) < 4.78 is 18.5. The predicted molar refractivity (Wildman–Crippen MR) is 108 cm³/mol. The van der Waals surface area contributed by atoms with E-state index in [2.05, 4.69) is 5.32 Å². The molecule has 0 aliphatic carbocycles. The minimum atomic E-state index is -0.919. The second kappa shape index (κ2) is 9.42. The predicted octanol–water partition coefficient (Wildman–Crippen LogP) is 4.39. The van der Waals surface area contributed by atoms with E-state index in [1.807, 2.05) is 30.3 Å². The van der Waals surface area contributed by atoms with Crippen molar-refractivity contribution < 1.29 is 23.6 Å². The lowest BCUT2D eigenvalue weighted by Gasteiger charge is -2.09. The number of nitrogens with zero attached hydrogens (tertiary/aromatic N) is 1. The molecule has 0 saturated carbocycles. The third-order valence-electron chi connectivity index (χ3n) is 4.26. The fourth-order valence-corrected chi connectivity index (χ4v) is 2.73. The van der Waals surface area contributed by atoms with Gasteiger partial charge in [-0.15, -0.1) is 0 Å². The molecule has 0 saturated heterocycles. The van der Waals surface area contributed by atoms with E-state index in [1.165, 1.54) is 30.3 Å². The average molecular weight is 408 g/mol. The van der Waals surface area contributed by atoms with Gasteiger partial charge in [0.1, 0.15) is 11.5 Å². The molecule has 0 atom stereocenters. The zero-order valence-corrected chi connectivity index (χ0v) is 15.7. The van der Waals surface area contributed by atoms with E-state index < -0.39 is 29.1 Å². The van der Waals surface area contributed by atoms with E-state index in [-0.39, 0.29) is 22.5 Å². The van der Waals surface area contributed by atoms with Crippen molar-refractivity contribution in [3.05, 3.63) is 105 Å². The van der Waals surface area contributed by atoms with Crippen molar-refractivity contribution in [3.63, 3.8) is 0 Å². The van der Waals surface area contributed by atoms with Crippen LogP contribution in [0.15, 0.2) is 72.8 Å². The number of halogens is 1. The van der Waals surface area contributed by atoms with Crippen LogP contribution in [0.5, 0.6) is 0 Å².